The number of aliphatic carboxylic acids is 1. The van der Waals surface area contributed by atoms with Crippen molar-refractivity contribution in [3.8, 4) is 5.75 Å². The maximum atomic E-state index is 12.8. The Balaban J connectivity index is 2.66. The Kier molecular flexibility index (Phi) is 2.73. The molecule has 7 heteroatoms. The monoisotopic (exact) mass is 280 g/mol. The number of carboxylic acid groups (broad SMARTS) is 1. The van der Waals surface area contributed by atoms with Crippen LogP contribution in [0.2, 0.25) is 5.02 Å². The fourth-order valence-electron chi connectivity index (χ4n) is 1.92. The van der Waals surface area contributed by atoms with Crippen LogP contribution < -0.4 is 0 Å². The summed E-state index contributed by atoms with van der Waals surface area (Å²) >= 11 is 5.56. The lowest BCUT2D eigenvalue weighted by molar-refractivity contribution is -0.142. The van der Waals surface area contributed by atoms with Crippen LogP contribution in [0.5, 0.6) is 5.75 Å². The third-order valence-corrected chi connectivity index (χ3v) is 3.37. The molecular formula is C11H8ClF3O3. The Hall–Kier alpha value is -1.43. The summed E-state index contributed by atoms with van der Waals surface area (Å²) in [4.78, 5) is 11.1. The highest BCUT2D eigenvalue weighted by atomic mass is 35.5. The van der Waals surface area contributed by atoms with E-state index in [0.717, 1.165) is 6.07 Å². The van der Waals surface area contributed by atoms with Gasteiger partial charge in [0, 0.05) is 0 Å². The molecule has 0 radical (unpaired) electrons. The average molecular weight is 281 g/mol. The number of hydrogen-bond acceptors (Lipinski definition) is 2. The minimum atomic E-state index is -4.73. The van der Waals surface area contributed by atoms with E-state index in [4.69, 9.17) is 16.7 Å². The van der Waals surface area contributed by atoms with Crippen LogP contribution in [-0.2, 0) is 16.4 Å². The molecular weight excluding hydrogens is 273 g/mol. The number of alkyl halides is 3. The van der Waals surface area contributed by atoms with Gasteiger partial charge < -0.3 is 10.2 Å². The van der Waals surface area contributed by atoms with Crippen molar-refractivity contribution in [1.82, 2.24) is 0 Å². The molecule has 1 aliphatic carbocycles. The number of aromatic hydroxyl groups is 1. The summed E-state index contributed by atoms with van der Waals surface area (Å²) in [5, 5.41) is 18.0. The molecule has 1 aliphatic rings. The first-order chi connectivity index (χ1) is 8.18. The fourth-order valence-corrected chi connectivity index (χ4v) is 2.08. The summed E-state index contributed by atoms with van der Waals surface area (Å²) < 4.78 is 38.5. The second-order valence-electron chi connectivity index (χ2n) is 4.23. The molecule has 0 bridgehead atoms. The van der Waals surface area contributed by atoms with Crippen molar-refractivity contribution in [1.29, 1.82) is 0 Å². The smallest absolute Gasteiger partial charge is 0.416 e. The van der Waals surface area contributed by atoms with E-state index in [2.05, 4.69) is 0 Å². The molecule has 1 aromatic rings. The van der Waals surface area contributed by atoms with Gasteiger partial charge in [0.15, 0.2) is 0 Å². The van der Waals surface area contributed by atoms with Crippen molar-refractivity contribution in [2.45, 2.75) is 24.4 Å². The molecule has 1 aromatic carbocycles. The molecule has 1 fully saturated rings. The molecule has 0 aromatic heterocycles. The number of phenolic OH excluding ortho intramolecular Hbond substituents is 1. The molecule has 0 spiro atoms. The zero-order chi connectivity index (χ0) is 13.7. The first-order valence-electron chi connectivity index (χ1n) is 5.02. The quantitative estimate of drug-likeness (QED) is 0.875. The number of hydrogen-bond donors (Lipinski definition) is 2. The standard InChI is InChI=1S/C11H8ClF3O3/c12-7-3-5(10(1-2-10)9(17)18)6(4-8(7)16)11(13,14)15/h3-4,16H,1-2H2,(H,17,18). The largest absolute Gasteiger partial charge is 0.506 e. The molecule has 18 heavy (non-hydrogen) atoms. The lowest BCUT2D eigenvalue weighted by Gasteiger charge is -2.18. The third-order valence-electron chi connectivity index (χ3n) is 3.07. The Morgan fingerprint density at radius 1 is 1.33 bits per heavy atom. The summed E-state index contributed by atoms with van der Waals surface area (Å²) in [5.74, 6) is -2.02. The van der Waals surface area contributed by atoms with Crippen LogP contribution in [0.1, 0.15) is 24.0 Å². The Morgan fingerprint density at radius 2 is 1.89 bits per heavy atom. The van der Waals surface area contributed by atoms with E-state index in [1.807, 2.05) is 0 Å². The molecule has 3 nitrogen and oxygen atoms in total. The highest BCUT2D eigenvalue weighted by Gasteiger charge is 2.55. The summed E-state index contributed by atoms with van der Waals surface area (Å²) in [7, 11) is 0. The van der Waals surface area contributed by atoms with Gasteiger partial charge in [0.25, 0.3) is 0 Å². The van der Waals surface area contributed by atoms with Gasteiger partial charge in [-0.3, -0.25) is 4.79 Å². The zero-order valence-electron chi connectivity index (χ0n) is 8.88. The number of halogens is 4. The van der Waals surface area contributed by atoms with Gasteiger partial charge in [-0.25, -0.2) is 0 Å². The second kappa shape index (κ2) is 3.78. The van der Waals surface area contributed by atoms with Crippen LogP contribution in [-0.4, -0.2) is 16.2 Å². The minimum absolute atomic E-state index is 0.131. The van der Waals surface area contributed by atoms with E-state index in [-0.39, 0.29) is 23.4 Å². The molecule has 0 atom stereocenters. The minimum Gasteiger partial charge on any atom is -0.506 e. The van der Waals surface area contributed by atoms with E-state index in [9.17, 15) is 23.1 Å². The maximum Gasteiger partial charge on any atom is 0.416 e. The van der Waals surface area contributed by atoms with Crippen LogP contribution in [0.3, 0.4) is 0 Å². The van der Waals surface area contributed by atoms with Crippen LogP contribution in [0, 0.1) is 0 Å². The number of rotatable bonds is 2. The summed E-state index contributed by atoms with van der Waals surface area (Å²) in [6.45, 7) is 0. The van der Waals surface area contributed by atoms with Gasteiger partial charge in [0.1, 0.15) is 5.75 Å². The summed E-state index contributed by atoms with van der Waals surface area (Å²) in [5.41, 5.74) is -3.06. The van der Waals surface area contributed by atoms with E-state index in [1.54, 1.807) is 0 Å². The van der Waals surface area contributed by atoms with Gasteiger partial charge >= 0.3 is 12.1 Å². The second-order valence-corrected chi connectivity index (χ2v) is 4.64. The molecule has 2 rings (SSSR count). The SMILES string of the molecule is O=C(O)C1(c2cc(Cl)c(O)cc2C(F)(F)F)CC1. The van der Waals surface area contributed by atoms with Gasteiger partial charge in [-0.15, -0.1) is 0 Å². The van der Waals surface area contributed by atoms with E-state index >= 15 is 0 Å². The lowest BCUT2D eigenvalue weighted by atomic mass is 9.91. The molecule has 0 unspecified atom stereocenters. The average Bonchev–Trinajstić information content (AvgIpc) is 3.00. The van der Waals surface area contributed by atoms with E-state index in [0.29, 0.717) is 6.07 Å². The number of carboxylic acids is 1. The molecule has 0 heterocycles. The van der Waals surface area contributed by atoms with Crippen LogP contribution in [0.25, 0.3) is 0 Å². The van der Waals surface area contributed by atoms with Gasteiger partial charge in [-0.1, -0.05) is 11.6 Å². The van der Waals surface area contributed by atoms with Gasteiger partial charge in [0.2, 0.25) is 0 Å². The summed E-state index contributed by atoms with van der Waals surface area (Å²) in [6.07, 6.45) is -4.47. The van der Waals surface area contributed by atoms with Crippen molar-refractivity contribution in [3.05, 3.63) is 28.3 Å². The van der Waals surface area contributed by atoms with E-state index < -0.39 is 28.9 Å². The third kappa shape index (κ3) is 1.90. The highest BCUT2D eigenvalue weighted by molar-refractivity contribution is 6.32. The highest BCUT2D eigenvalue weighted by Crippen LogP contribution is 2.53. The van der Waals surface area contributed by atoms with Crippen LogP contribution >= 0.6 is 11.6 Å². The lowest BCUT2D eigenvalue weighted by Crippen LogP contribution is -2.24. The van der Waals surface area contributed by atoms with Crippen molar-refractivity contribution in [2.75, 3.05) is 0 Å². The number of carbonyl (C=O) groups is 1. The Morgan fingerprint density at radius 3 is 2.28 bits per heavy atom. The summed E-state index contributed by atoms with van der Waals surface area (Å²) in [6, 6.07) is 1.36. The van der Waals surface area contributed by atoms with Crippen molar-refractivity contribution >= 4 is 17.6 Å². The normalized spacial score (nSPS) is 17.6. The molecule has 1 saturated carbocycles. The Labute approximate surface area is 105 Å². The number of benzene rings is 1. The van der Waals surface area contributed by atoms with Crippen molar-refractivity contribution in [2.24, 2.45) is 0 Å². The van der Waals surface area contributed by atoms with Gasteiger partial charge in [0.05, 0.1) is 16.0 Å². The molecule has 2 N–H and O–H groups in total. The zero-order valence-corrected chi connectivity index (χ0v) is 9.64. The number of phenols is 1. The molecule has 0 aliphatic heterocycles. The molecule has 98 valence electrons. The van der Waals surface area contributed by atoms with Gasteiger partial charge in [-0.05, 0) is 30.5 Å². The maximum absolute atomic E-state index is 12.8. The fraction of sp³-hybridized carbons (Fsp3) is 0.364. The molecule has 0 amide bonds. The predicted octanol–water partition coefficient (Wildman–Crippen LogP) is 3.18. The van der Waals surface area contributed by atoms with Crippen molar-refractivity contribution in [3.63, 3.8) is 0 Å². The first-order valence-corrected chi connectivity index (χ1v) is 5.40. The Bertz CT molecular complexity index is 521. The van der Waals surface area contributed by atoms with Crippen LogP contribution in [0.4, 0.5) is 13.2 Å². The van der Waals surface area contributed by atoms with Crippen LogP contribution in [0.15, 0.2) is 12.1 Å². The van der Waals surface area contributed by atoms with Gasteiger partial charge in [-0.2, -0.15) is 13.2 Å². The van der Waals surface area contributed by atoms with E-state index in [1.165, 1.54) is 0 Å². The topological polar surface area (TPSA) is 57.5 Å². The molecule has 0 saturated heterocycles. The predicted molar refractivity (Wildman–Crippen MR) is 56.7 cm³/mol. The first kappa shape index (κ1) is 13.0. The van der Waals surface area contributed by atoms with Crippen molar-refractivity contribution < 1.29 is 28.2 Å².